The number of hydrogen-bond acceptors (Lipinski definition) is 2. The highest BCUT2D eigenvalue weighted by Gasteiger charge is 2.11. The third kappa shape index (κ3) is 3.99. The van der Waals surface area contributed by atoms with Crippen LogP contribution in [0.4, 0.5) is 27.1 Å². The third-order valence-corrected chi connectivity index (χ3v) is 4.39. The van der Waals surface area contributed by atoms with E-state index in [0.717, 1.165) is 22.6 Å². The number of hydrogen-bond donors (Lipinski definition) is 0. The number of halogens is 1. The lowest BCUT2D eigenvalue weighted by molar-refractivity contribution is 0.630. The van der Waals surface area contributed by atoms with Crippen LogP contribution in [0.15, 0.2) is 114 Å². The van der Waals surface area contributed by atoms with Crippen molar-refractivity contribution in [3.05, 3.63) is 121 Å². The topological polar surface area (TPSA) is 15.6 Å². The summed E-state index contributed by atoms with van der Waals surface area (Å²) in [5, 5.41) is 0. The normalized spacial score (nSPS) is 10.9. The van der Waals surface area contributed by atoms with Crippen LogP contribution in [0.3, 0.4) is 0 Å². The van der Waals surface area contributed by atoms with Crippen LogP contribution >= 0.6 is 0 Å². The van der Waals surface area contributed by atoms with Gasteiger partial charge in [0.25, 0.3) is 0 Å². The third-order valence-electron chi connectivity index (χ3n) is 4.39. The fourth-order valence-electron chi connectivity index (χ4n) is 3.01. The minimum Gasteiger partial charge on any atom is -0.311 e. The van der Waals surface area contributed by atoms with Gasteiger partial charge < -0.3 is 4.90 Å². The molecule has 4 rings (SSSR count). The quantitative estimate of drug-likeness (QED) is 0.346. The van der Waals surface area contributed by atoms with Gasteiger partial charge in [0.1, 0.15) is 5.82 Å². The summed E-state index contributed by atoms with van der Waals surface area (Å²) in [4.78, 5) is 6.45. The van der Waals surface area contributed by atoms with E-state index >= 15 is 0 Å². The molecule has 4 aromatic carbocycles. The predicted molar refractivity (Wildman–Crippen MR) is 115 cm³/mol. The van der Waals surface area contributed by atoms with Crippen molar-refractivity contribution in [2.75, 3.05) is 4.90 Å². The molecule has 0 fully saturated rings. The Balaban J connectivity index is 1.64. The van der Waals surface area contributed by atoms with E-state index in [4.69, 9.17) is 0 Å². The summed E-state index contributed by atoms with van der Waals surface area (Å²) in [7, 11) is 0. The van der Waals surface area contributed by atoms with Gasteiger partial charge in [-0.3, -0.25) is 4.99 Å². The molecule has 0 N–H and O–H groups in total. The zero-order valence-corrected chi connectivity index (χ0v) is 15.2. The Morgan fingerprint density at radius 3 is 1.64 bits per heavy atom. The highest BCUT2D eigenvalue weighted by atomic mass is 19.1. The zero-order chi connectivity index (χ0) is 19.2. The molecule has 28 heavy (non-hydrogen) atoms. The Bertz CT molecular complexity index is 1020. The van der Waals surface area contributed by atoms with Gasteiger partial charge in [-0.1, -0.05) is 60.7 Å². The van der Waals surface area contributed by atoms with Crippen LogP contribution < -0.4 is 4.90 Å². The van der Waals surface area contributed by atoms with Gasteiger partial charge in [0.05, 0.1) is 5.69 Å². The lowest BCUT2D eigenvalue weighted by Gasteiger charge is -2.25. The fourth-order valence-corrected chi connectivity index (χ4v) is 3.01. The Labute approximate surface area is 164 Å². The van der Waals surface area contributed by atoms with E-state index in [0.29, 0.717) is 5.69 Å². The van der Waals surface area contributed by atoms with E-state index in [1.54, 1.807) is 24.4 Å². The van der Waals surface area contributed by atoms with E-state index in [1.165, 1.54) is 6.07 Å². The molecule has 0 amide bonds. The second-order valence-electron chi connectivity index (χ2n) is 6.31. The minimum atomic E-state index is -0.324. The maximum atomic E-state index is 13.7. The van der Waals surface area contributed by atoms with E-state index in [9.17, 15) is 4.39 Å². The van der Waals surface area contributed by atoms with Gasteiger partial charge in [0.2, 0.25) is 0 Å². The summed E-state index contributed by atoms with van der Waals surface area (Å²) in [6, 6.07) is 35.0. The minimum absolute atomic E-state index is 0.324. The smallest absolute Gasteiger partial charge is 0.148 e. The van der Waals surface area contributed by atoms with Crippen molar-refractivity contribution >= 4 is 29.0 Å². The second-order valence-corrected chi connectivity index (χ2v) is 6.31. The Kier molecular flexibility index (Phi) is 5.25. The lowest BCUT2D eigenvalue weighted by atomic mass is 10.1. The van der Waals surface area contributed by atoms with Crippen molar-refractivity contribution in [1.29, 1.82) is 0 Å². The molecule has 0 unspecified atom stereocenters. The number of anilines is 3. The van der Waals surface area contributed by atoms with Crippen LogP contribution in [-0.4, -0.2) is 6.21 Å². The molecule has 0 aliphatic carbocycles. The van der Waals surface area contributed by atoms with E-state index in [-0.39, 0.29) is 5.82 Å². The Morgan fingerprint density at radius 2 is 1.07 bits per heavy atom. The SMILES string of the molecule is Fc1ccccc1N=Cc1ccc(N(c2ccccc2)c2ccccc2)cc1. The number of aliphatic imine (C=N–C) groups is 1. The average Bonchev–Trinajstić information content (AvgIpc) is 2.76. The first-order valence-electron chi connectivity index (χ1n) is 9.10. The monoisotopic (exact) mass is 366 g/mol. The van der Waals surface area contributed by atoms with Crippen LogP contribution in [0.2, 0.25) is 0 Å². The molecule has 0 saturated carbocycles. The summed E-state index contributed by atoms with van der Waals surface area (Å²) in [6.45, 7) is 0. The Morgan fingerprint density at radius 1 is 0.571 bits per heavy atom. The highest BCUT2D eigenvalue weighted by Crippen LogP contribution is 2.33. The van der Waals surface area contributed by atoms with E-state index in [2.05, 4.69) is 34.2 Å². The van der Waals surface area contributed by atoms with Gasteiger partial charge in [-0.05, 0) is 54.1 Å². The number of para-hydroxylation sites is 3. The average molecular weight is 366 g/mol. The zero-order valence-electron chi connectivity index (χ0n) is 15.2. The number of rotatable bonds is 5. The predicted octanol–water partition coefficient (Wildman–Crippen LogP) is 7.05. The molecule has 0 heterocycles. The second kappa shape index (κ2) is 8.31. The molecule has 4 aromatic rings. The maximum absolute atomic E-state index is 13.7. The summed E-state index contributed by atoms with van der Waals surface area (Å²) >= 11 is 0. The summed E-state index contributed by atoms with van der Waals surface area (Å²) in [5.74, 6) is -0.324. The molecule has 0 aromatic heterocycles. The summed E-state index contributed by atoms with van der Waals surface area (Å²) in [6.07, 6.45) is 1.68. The van der Waals surface area contributed by atoms with Crippen LogP contribution in [0.5, 0.6) is 0 Å². The van der Waals surface area contributed by atoms with Gasteiger partial charge in [0, 0.05) is 23.3 Å². The molecule has 0 saturated heterocycles. The molecular weight excluding hydrogens is 347 g/mol. The molecule has 0 aliphatic heterocycles. The van der Waals surface area contributed by atoms with Gasteiger partial charge in [-0.2, -0.15) is 0 Å². The molecule has 0 spiro atoms. The highest BCUT2D eigenvalue weighted by molar-refractivity contribution is 5.84. The first-order chi connectivity index (χ1) is 13.8. The van der Waals surface area contributed by atoms with Crippen molar-refractivity contribution in [3.63, 3.8) is 0 Å². The van der Waals surface area contributed by atoms with Crippen molar-refractivity contribution < 1.29 is 4.39 Å². The maximum Gasteiger partial charge on any atom is 0.148 e. The van der Waals surface area contributed by atoms with Crippen molar-refractivity contribution in [2.45, 2.75) is 0 Å². The summed E-state index contributed by atoms with van der Waals surface area (Å²) < 4.78 is 13.7. The van der Waals surface area contributed by atoms with Gasteiger partial charge in [-0.15, -0.1) is 0 Å². The van der Waals surface area contributed by atoms with Crippen LogP contribution in [0, 0.1) is 5.82 Å². The molecule has 0 aliphatic rings. The molecule has 2 nitrogen and oxygen atoms in total. The van der Waals surface area contributed by atoms with Gasteiger partial charge >= 0.3 is 0 Å². The fraction of sp³-hybridized carbons (Fsp3) is 0. The molecule has 0 atom stereocenters. The number of nitrogens with zero attached hydrogens (tertiary/aromatic N) is 2. The molecule has 136 valence electrons. The van der Waals surface area contributed by atoms with Crippen LogP contribution in [-0.2, 0) is 0 Å². The number of benzene rings is 4. The van der Waals surface area contributed by atoms with E-state index in [1.807, 2.05) is 60.7 Å². The van der Waals surface area contributed by atoms with Crippen LogP contribution in [0.25, 0.3) is 0 Å². The molecular formula is C25H19FN2. The standard InChI is InChI=1S/C25H19FN2/c26-24-13-7-8-14-25(24)27-19-20-15-17-23(18-16-20)28(21-9-3-1-4-10-21)22-11-5-2-6-12-22/h1-19H. The van der Waals surface area contributed by atoms with Crippen molar-refractivity contribution in [1.82, 2.24) is 0 Å². The summed E-state index contributed by atoms with van der Waals surface area (Å²) in [5.41, 5.74) is 4.46. The Hall–Kier alpha value is -3.72. The van der Waals surface area contributed by atoms with Crippen molar-refractivity contribution in [2.24, 2.45) is 4.99 Å². The van der Waals surface area contributed by atoms with Crippen molar-refractivity contribution in [3.8, 4) is 0 Å². The first kappa shape index (κ1) is 17.7. The van der Waals surface area contributed by atoms with Gasteiger partial charge in [-0.25, -0.2) is 4.39 Å². The lowest BCUT2D eigenvalue weighted by Crippen LogP contribution is -2.09. The molecule has 3 heteroatoms. The first-order valence-corrected chi connectivity index (χ1v) is 9.10. The molecule has 0 bridgehead atoms. The van der Waals surface area contributed by atoms with Crippen LogP contribution in [0.1, 0.15) is 5.56 Å². The van der Waals surface area contributed by atoms with Gasteiger partial charge in [0.15, 0.2) is 0 Å². The largest absolute Gasteiger partial charge is 0.311 e. The van der Waals surface area contributed by atoms with E-state index < -0.39 is 0 Å². The molecule has 0 radical (unpaired) electrons.